The topological polar surface area (TPSA) is 32.3 Å². The molecule has 0 saturated heterocycles. The Labute approximate surface area is 86.1 Å². The summed E-state index contributed by atoms with van der Waals surface area (Å²) in [6.45, 7) is 0.520. The molecule has 0 saturated carbocycles. The fourth-order valence-electron chi connectivity index (χ4n) is 1.91. The molecule has 0 bridgehead atoms. The smallest absolute Gasteiger partial charge is 0.0458 e. The fourth-order valence-corrected chi connectivity index (χ4v) is 2.65. The van der Waals surface area contributed by atoms with Gasteiger partial charge in [0, 0.05) is 11.0 Å². The fraction of sp³-hybridized carbons (Fsp3) is 0.400. The number of benzene rings is 1. The van der Waals surface area contributed by atoms with Crippen molar-refractivity contribution in [3.63, 3.8) is 0 Å². The Kier molecular flexibility index (Phi) is 2.67. The molecule has 0 aromatic heterocycles. The van der Waals surface area contributed by atoms with Crippen molar-refractivity contribution in [1.29, 1.82) is 0 Å². The maximum Gasteiger partial charge on any atom is 0.0458 e. The number of hydroxylamine groups is 1. The van der Waals surface area contributed by atoms with Crippen LogP contribution in [-0.4, -0.2) is 5.21 Å². The Bertz CT molecular complexity index is 325. The van der Waals surface area contributed by atoms with E-state index in [1.165, 1.54) is 34.9 Å². The van der Waals surface area contributed by atoms with E-state index in [0.29, 0.717) is 6.54 Å². The number of hydrogen-bond donors (Lipinski definition) is 2. The highest BCUT2D eigenvalue weighted by Gasteiger charge is 2.14. The molecule has 13 heavy (non-hydrogen) atoms. The Morgan fingerprint density at radius 3 is 3.00 bits per heavy atom. The maximum absolute atomic E-state index is 8.59. The van der Waals surface area contributed by atoms with E-state index in [0.717, 1.165) is 5.56 Å². The van der Waals surface area contributed by atoms with Crippen LogP contribution in [0, 0.1) is 0 Å². The highest BCUT2D eigenvalue weighted by atomic mass is 79.9. The third kappa shape index (κ3) is 1.77. The Hall–Kier alpha value is -0.380. The largest absolute Gasteiger partial charge is 0.316 e. The van der Waals surface area contributed by atoms with Gasteiger partial charge in [0.1, 0.15) is 0 Å². The molecule has 1 aliphatic carbocycles. The number of fused-ring (bicyclic) bond motifs is 1. The Morgan fingerprint density at radius 2 is 2.23 bits per heavy atom. The number of rotatable bonds is 2. The highest BCUT2D eigenvalue weighted by Crippen LogP contribution is 2.30. The quantitative estimate of drug-likeness (QED) is 0.780. The van der Waals surface area contributed by atoms with E-state index < -0.39 is 0 Å². The van der Waals surface area contributed by atoms with E-state index in [4.69, 9.17) is 5.21 Å². The summed E-state index contributed by atoms with van der Waals surface area (Å²) >= 11 is 3.56. The second-order valence-corrected chi connectivity index (χ2v) is 4.26. The molecule has 1 aromatic carbocycles. The molecule has 1 aliphatic rings. The van der Waals surface area contributed by atoms with Crippen LogP contribution < -0.4 is 5.48 Å². The van der Waals surface area contributed by atoms with Gasteiger partial charge in [-0.3, -0.25) is 0 Å². The van der Waals surface area contributed by atoms with Crippen LogP contribution in [0.15, 0.2) is 16.6 Å². The first kappa shape index (κ1) is 9.19. The van der Waals surface area contributed by atoms with E-state index in [9.17, 15) is 0 Å². The van der Waals surface area contributed by atoms with Crippen LogP contribution in [0.2, 0.25) is 0 Å². The van der Waals surface area contributed by atoms with Crippen LogP contribution in [0.1, 0.15) is 23.1 Å². The molecule has 2 nitrogen and oxygen atoms in total. The number of hydrogen-bond acceptors (Lipinski definition) is 2. The molecule has 0 unspecified atom stereocenters. The van der Waals surface area contributed by atoms with Crippen molar-refractivity contribution >= 4 is 15.9 Å². The Balaban J connectivity index is 2.37. The molecular formula is C10H12BrNO. The van der Waals surface area contributed by atoms with Gasteiger partial charge >= 0.3 is 0 Å². The van der Waals surface area contributed by atoms with Gasteiger partial charge in [0.25, 0.3) is 0 Å². The number of nitrogens with one attached hydrogen (secondary N) is 1. The summed E-state index contributed by atoms with van der Waals surface area (Å²) < 4.78 is 1.19. The predicted molar refractivity (Wildman–Crippen MR) is 54.8 cm³/mol. The van der Waals surface area contributed by atoms with E-state index >= 15 is 0 Å². The van der Waals surface area contributed by atoms with Crippen molar-refractivity contribution in [3.8, 4) is 0 Å². The molecule has 70 valence electrons. The zero-order valence-electron chi connectivity index (χ0n) is 7.31. The SMILES string of the molecule is ONCc1cc(Br)c2c(c1)CCC2. The minimum Gasteiger partial charge on any atom is -0.316 e. The van der Waals surface area contributed by atoms with E-state index in [1.807, 2.05) is 0 Å². The molecule has 1 aromatic rings. The van der Waals surface area contributed by atoms with Crippen LogP contribution >= 0.6 is 15.9 Å². The van der Waals surface area contributed by atoms with Crippen molar-refractivity contribution in [2.24, 2.45) is 0 Å². The van der Waals surface area contributed by atoms with Gasteiger partial charge in [-0.15, -0.1) is 0 Å². The van der Waals surface area contributed by atoms with Crippen molar-refractivity contribution in [2.45, 2.75) is 25.8 Å². The minimum absolute atomic E-state index is 0.520. The molecule has 0 spiro atoms. The molecule has 0 amide bonds. The van der Waals surface area contributed by atoms with Gasteiger partial charge in [0.15, 0.2) is 0 Å². The third-order valence-electron chi connectivity index (χ3n) is 2.50. The molecule has 0 heterocycles. The first-order chi connectivity index (χ1) is 6.31. The number of halogens is 1. The van der Waals surface area contributed by atoms with Gasteiger partial charge in [-0.05, 0) is 42.0 Å². The molecule has 0 atom stereocenters. The van der Waals surface area contributed by atoms with Gasteiger partial charge in [-0.2, -0.15) is 0 Å². The van der Waals surface area contributed by atoms with Gasteiger partial charge in [0.05, 0.1) is 0 Å². The maximum atomic E-state index is 8.59. The standard InChI is InChI=1S/C10H12BrNO/c11-10-5-7(6-12-13)4-8-2-1-3-9(8)10/h4-5,12-13H,1-3,6H2. The zero-order valence-corrected chi connectivity index (χ0v) is 8.89. The lowest BCUT2D eigenvalue weighted by Crippen LogP contribution is -2.06. The van der Waals surface area contributed by atoms with E-state index in [-0.39, 0.29) is 0 Å². The molecule has 0 aliphatic heterocycles. The molecular weight excluding hydrogens is 230 g/mol. The lowest BCUT2D eigenvalue weighted by Gasteiger charge is -2.06. The molecule has 0 radical (unpaired) electrons. The van der Waals surface area contributed by atoms with Crippen LogP contribution in [-0.2, 0) is 19.4 Å². The van der Waals surface area contributed by atoms with Gasteiger partial charge in [0.2, 0.25) is 0 Å². The van der Waals surface area contributed by atoms with Crippen molar-refractivity contribution in [1.82, 2.24) is 5.48 Å². The second kappa shape index (κ2) is 3.78. The molecule has 2 rings (SSSR count). The average molecular weight is 242 g/mol. The first-order valence-corrected chi connectivity index (χ1v) is 5.27. The van der Waals surface area contributed by atoms with Crippen LogP contribution in [0.4, 0.5) is 0 Å². The summed E-state index contributed by atoms with van der Waals surface area (Å²) in [6, 6.07) is 4.25. The van der Waals surface area contributed by atoms with E-state index in [2.05, 4.69) is 33.5 Å². The lowest BCUT2D eigenvalue weighted by molar-refractivity contribution is 0.161. The lowest BCUT2D eigenvalue weighted by atomic mass is 10.1. The van der Waals surface area contributed by atoms with Crippen LogP contribution in [0.5, 0.6) is 0 Å². The zero-order chi connectivity index (χ0) is 9.26. The molecule has 2 N–H and O–H groups in total. The first-order valence-electron chi connectivity index (χ1n) is 4.48. The predicted octanol–water partition coefficient (Wildman–Crippen LogP) is 2.42. The summed E-state index contributed by atoms with van der Waals surface area (Å²) in [4.78, 5) is 0. The summed E-state index contributed by atoms with van der Waals surface area (Å²) in [5, 5.41) is 8.59. The van der Waals surface area contributed by atoms with Gasteiger partial charge in [-0.25, -0.2) is 5.48 Å². The Morgan fingerprint density at radius 1 is 1.38 bits per heavy atom. The van der Waals surface area contributed by atoms with Gasteiger partial charge < -0.3 is 5.21 Å². The van der Waals surface area contributed by atoms with Crippen LogP contribution in [0.3, 0.4) is 0 Å². The minimum atomic E-state index is 0.520. The number of aryl methyl sites for hydroxylation is 1. The molecule has 3 heteroatoms. The van der Waals surface area contributed by atoms with Crippen molar-refractivity contribution < 1.29 is 5.21 Å². The van der Waals surface area contributed by atoms with Crippen LogP contribution in [0.25, 0.3) is 0 Å². The summed E-state index contributed by atoms with van der Waals surface area (Å²) in [6.07, 6.45) is 3.61. The van der Waals surface area contributed by atoms with Crippen molar-refractivity contribution in [3.05, 3.63) is 33.3 Å². The third-order valence-corrected chi connectivity index (χ3v) is 3.21. The monoisotopic (exact) mass is 241 g/mol. The normalized spacial score (nSPS) is 14.6. The molecule has 0 fully saturated rings. The highest BCUT2D eigenvalue weighted by molar-refractivity contribution is 9.10. The van der Waals surface area contributed by atoms with E-state index in [1.54, 1.807) is 0 Å². The second-order valence-electron chi connectivity index (χ2n) is 3.40. The summed E-state index contributed by atoms with van der Waals surface area (Å²) in [5.74, 6) is 0. The summed E-state index contributed by atoms with van der Waals surface area (Å²) in [5.41, 5.74) is 6.19. The van der Waals surface area contributed by atoms with Gasteiger partial charge in [-0.1, -0.05) is 22.0 Å². The average Bonchev–Trinajstić information content (AvgIpc) is 2.53. The van der Waals surface area contributed by atoms with Crippen molar-refractivity contribution in [2.75, 3.05) is 0 Å². The summed E-state index contributed by atoms with van der Waals surface area (Å²) in [7, 11) is 0.